The van der Waals surface area contributed by atoms with Gasteiger partial charge in [-0.2, -0.15) is 0 Å². The number of rotatable bonds is 9. The highest BCUT2D eigenvalue weighted by Crippen LogP contribution is 2.23. The predicted octanol–water partition coefficient (Wildman–Crippen LogP) is 2.32. The van der Waals surface area contributed by atoms with E-state index < -0.39 is 0 Å². The van der Waals surface area contributed by atoms with Crippen LogP contribution in [0.1, 0.15) is 50.5 Å². The summed E-state index contributed by atoms with van der Waals surface area (Å²) in [5.41, 5.74) is 2.24. The Morgan fingerprint density at radius 2 is 2.19 bits per heavy atom. The summed E-state index contributed by atoms with van der Waals surface area (Å²) in [6, 6.07) is 0.689. The zero-order valence-corrected chi connectivity index (χ0v) is 13.7. The van der Waals surface area contributed by atoms with Crippen LogP contribution in [-0.4, -0.2) is 43.3 Å². The molecule has 0 bridgehead atoms. The molecular weight excluding hydrogens is 264 g/mol. The Morgan fingerprint density at radius 3 is 2.81 bits per heavy atom. The van der Waals surface area contributed by atoms with Crippen LogP contribution >= 0.6 is 0 Å². The van der Waals surface area contributed by atoms with Gasteiger partial charge in [-0.3, -0.25) is 0 Å². The molecule has 1 aliphatic rings. The molecule has 0 atom stereocenters. The first-order valence-corrected chi connectivity index (χ1v) is 7.91. The lowest BCUT2D eigenvalue weighted by Gasteiger charge is -2.22. The normalized spacial score (nSPS) is 14.7. The summed E-state index contributed by atoms with van der Waals surface area (Å²) in [5.74, 6) is 1.29. The second-order valence-electron chi connectivity index (χ2n) is 6.14. The summed E-state index contributed by atoms with van der Waals surface area (Å²) >= 11 is 0. The van der Waals surface area contributed by atoms with Crippen molar-refractivity contribution in [3.63, 3.8) is 0 Å². The highest BCUT2D eigenvalue weighted by Gasteiger charge is 2.21. The lowest BCUT2D eigenvalue weighted by Crippen LogP contribution is -2.25. The summed E-state index contributed by atoms with van der Waals surface area (Å²) in [6.45, 7) is 6.83. The largest absolute Gasteiger partial charge is 0.385 e. The Labute approximate surface area is 128 Å². The first-order valence-electron chi connectivity index (χ1n) is 7.91. The van der Waals surface area contributed by atoms with Gasteiger partial charge in [0.25, 0.3) is 0 Å². The molecule has 1 aromatic heterocycles. The van der Waals surface area contributed by atoms with Gasteiger partial charge in [-0.25, -0.2) is 9.97 Å². The molecular formula is C16H28N4O. The number of nitrogens with one attached hydrogen (secondary N) is 1. The zero-order valence-electron chi connectivity index (χ0n) is 13.7. The molecule has 0 radical (unpaired) electrons. The third-order valence-electron chi connectivity index (χ3n) is 3.77. The molecule has 1 aliphatic carbocycles. The fourth-order valence-corrected chi connectivity index (χ4v) is 2.25. The smallest absolute Gasteiger partial charge is 0.131 e. The minimum absolute atomic E-state index is 0.359. The minimum Gasteiger partial charge on any atom is -0.385 e. The maximum Gasteiger partial charge on any atom is 0.131 e. The second-order valence-corrected chi connectivity index (χ2v) is 6.14. The van der Waals surface area contributed by atoms with Gasteiger partial charge in [-0.1, -0.05) is 13.8 Å². The first-order chi connectivity index (χ1) is 10.1. The lowest BCUT2D eigenvalue weighted by molar-refractivity contribution is 0.196. The van der Waals surface area contributed by atoms with Gasteiger partial charge in [0.05, 0.1) is 17.6 Å². The Hall–Kier alpha value is -1.20. The van der Waals surface area contributed by atoms with Crippen molar-refractivity contribution in [1.29, 1.82) is 0 Å². The van der Waals surface area contributed by atoms with Gasteiger partial charge < -0.3 is 15.0 Å². The van der Waals surface area contributed by atoms with Crippen molar-refractivity contribution in [3.8, 4) is 0 Å². The zero-order chi connectivity index (χ0) is 15.2. The molecule has 0 saturated heterocycles. The number of nitrogens with zero attached hydrogens (tertiary/aromatic N) is 3. The number of methoxy groups -OCH3 is 1. The highest BCUT2D eigenvalue weighted by molar-refractivity contribution is 5.48. The topological polar surface area (TPSA) is 50.3 Å². The molecule has 0 aromatic carbocycles. The average Bonchev–Trinajstić information content (AvgIpc) is 3.29. The van der Waals surface area contributed by atoms with Gasteiger partial charge in [-0.15, -0.1) is 0 Å². The number of hydrogen-bond donors (Lipinski definition) is 1. The van der Waals surface area contributed by atoms with Crippen LogP contribution < -0.4 is 10.2 Å². The van der Waals surface area contributed by atoms with Gasteiger partial charge >= 0.3 is 0 Å². The van der Waals surface area contributed by atoms with E-state index in [-0.39, 0.29) is 0 Å². The van der Waals surface area contributed by atoms with Crippen LogP contribution in [0.5, 0.6) is 0 Å². The molecule has 1 heterocycles. The van der Waals surface area contributed by atoms with E-state index in [9.17, 15) is 0 Å². The summed E-state index contributed by atoms with van der Waals surface area (Å²) in [4.78, 5) is 11.5. The SMILES string of the molecule is COCCCN(C)c1cnc(C(C)C)nc1CNC1CC1. The van der Waals surface area contributed by atoms with Gasteiger partial charge in [0.2, 0.25) is 0 Å². The Balaban J connectivity index is 2.08. The summed E-state index contributed by atoms with van der Waals surface area (Å²) in [7, 11) is 3.84. The van der Waals surface area contributed by atoms with Gasteiger partial charge in [-0.05, 0) is 19.3 Å². The van der Waals surface area contributed by atoms with Crippen LogP contribution in [0.15, 0.2) is 6.20 Å². The number of hydrogen-bond acceptors (Lipinski definition) is 5. The Kier molecular flexibility index (Phi) is 5.94. The predicted molar refractivity (Wildman–Crippen MR) is 85.7 cm³/mol. The molecule has 5 heteroatoms. The molecule has 21 heavy (non-hydrogen) atoms. The maximum atomic E-state index is 5.13. The van der Waals surface area contributed by atoms with E-state index in [1.165, 1.54) is 12.8 Å². The molecule has 2 rings (SSSR count). The minimum atomic E-state index is 0.359. The Bertz CT molecular complexity index is 446. The van der Waals surface area contributed by atoms with Crippen LogP contribution in [0.4, 0.5) is 5.69 Å². The van der Waals surface area contributed by atoms with Crippen molar-refractivity contribution in [3.05, 3.63) is 17.7 Å². The van der Waals surface area contributed by atoms with Crippen molar-refractivity contribution in [2.45, 2.75) is 51.6 Å². The molecule has 0 unspecified atom stereocenters. The first kappa shape index (κ1) is 16.2. The molecule has 1 aromatic rings. The van der Waals surface area contributed by atoms with E-state index >= 15 is 0 Å². The van der Waals surface area contributed by atoms with Crippen LogP contribution in [0.2, 0.25) is 0 Å². The average molecular weight is 292 g/mol. The van der Waals surface area contributed by atoms with E-state index in [0.717, 1.165) is 43.3 Å². The molecule has 5 nitrogen and oxygen atoms in total. The van der Waals surface area contributed by atoms with E-state index in [2.05, 4.69) is 36.1 Å². The van der Waals surface area contributed by atoms with Crippen LogP contribution in [0.3, 0.4) is 0 Å². The molecule has 0 spiro atoms. The fraction of sp³-hybridized carbons (Fsp3) is 0.750. The third-order valence-corrected chi connectivity index (χ3v) is 3.77. The lowest BCUT2D eigenvalue weighted by atomic mass is 10.2. The van der Waals surface area contributed by atoms with E-state index in [1.54, 1.807) is 7.11 Å². The van der Waals surface area contributed by atoms with Crippen molar-refractivity contribution in [2.24, 2.45) is 0 Å². The summed E-state index contributed by atoms with van der Waals surface area (Å²) < 4.78 is 5.13. The van der Waals surface area contributed by atoms with Crippen molar-refractivity contribution >= 4 is 5.69 Å². The van der Waals surface area contributed by atoms with Crippen LogP contribution in [0.25, 0.3) is 0 Å². The standard InChI is InChI=1S/C16H28N4O/c1-12(2)16-18-11-15(20(3)8-5-9-21-4)14(19-16)10-17-13-6-7-13/h11-13,17H,5-10H2,1-4H3. The molecule has 0 aliphatic heterocycles. The fourth-order valence-electron chi connectivity index (χ4n) is 2.25. The Morgan fingerprint density at radius 1 is 1.43 bits per heavy atom. The maximum absolute atomic E-state index is 5.13. The van der Waals surface area contributed by atoms with Crippen LogP contribution in [-0.2, 0) is 11.3 Å². The summed E-state index contributed by atoms with van der Waals surface area (Å²) in [5, 5.41) is 3.56. The number of aromatic nitrogens is 2. The summed E-state index contributed by atoms with van der Waals surface area (Å²) in [6.07, 6.45) is 5.57. The van der Waals surface area contributed by atoms with E-state index in [1.807, 2.05) is 6.20 Å². The third kappa shape index (κ3) is 4.93. The quantitative estimate of drug-likeness (QED) is 0.708. The molecule has 1 fully saturated rings. The molecule has 1 saturated carbocycles. The van der Waals surface area contributed by atoms with E-state index in [0.29, 0.717) is 12.0 Å². The van der Waals surface area contributed by atoms with Gasteiger partial charge in [0.15, 0.2) is 0 Å². The monoisotopic (exact) mass is 292 g/mol. The van der Waals surface area contributed by atoms with Gasteiger partial charge in [0, 0.05) is 45.8 Å². The number of ether oxygens (including phenoxy) is 1. The van der Waals surface area contributed by atoms with Crippen molar-refractivity contribution < 1.29 is 4.74 Å². The molecule has 1 N–H and O–H groups in total. The molecule has 0 amide bonds. The van der Waals surface area contributed by atoms with Crippen molar-refractivity contribution in [2.75, 3.05) is 32.2 Å². The van der Waals surface area contributed by atoms with Crippen molar-refractivity contribution in [1.82, 2.24) is 15.3 Å². The number of anilines is 1. The molecule has 118 valence electrons. The van der Waals surface area contributed by atoms with Crippen LogP contribution in [0, 0.1) is 0 Å². The second kappa shape index (κ2) is 7.71. The van der Waals surface area contributed by atoms with Gasteiger partial charge in [0.1, 0.15) is 5.82 Å². The highest BCUT2D eigenvalue weighted by atomic mass is 16.5. The van der Waals surface area contributed by atoms with E-state index in [4.69, 9.17) is 9.72 Å².